The number of benzene rings is 1. The van der Waals surface area contributed by atoms with E-state index in [0.29, 0.717) is 5.69 Å². The molecule has 0 aromatic heterocycles. The van der Waals surface area contributed by atoms with Gasteiger partial charge in [0.05, 0.1) is 0 Å². The lowest BCUT2D eigenvalue weighted by Gasteiger charge is -2.30. The molecule has 0 saturated carbocycles. The van der Waals surface area contributed by atoms with Crippen molar-refractivity contribution in [1.29, 1.82) is 0 Å². The lowest BCUT2D eigenvalue weighted by Crippen LogP contribution is -2.37. The second-order valence-electron chi connectivity index (χ2n) is 4.33. The number of esters is 1. The highest BCUT2D eigenvalue weighted by atomic mass is 16.6. The van der Waals surface area contributed by atoms with Crippen LogP contribution in [0.2, 0.25) is 0 Å². The van der Waals surface area contributed by atoms with E-state index in [1.54, 1.807) is 6.07 Å². The number of carbonyl (C=O) groups excluding carboxylic acids is 1. The van der Waals surface area contributed by atoms with E-state index in [1.165, 1.54) is 6.92 Å². The lowest BCUT2D eigenvalue weighted by molar-refractivity contribution is -0.145. The number of hydrogen-bond donors (Lipinski definition) is 1. The average molecular weight is 233 g/mol. The average Bonchev–Trinajstić information content (AvgIpc) is 2.27. The topological polar surface area (TPSA) is 61.5 Å². The highest BCUT2D eigenvalue weighted by Gasteiger charge is 2.28. The van der Waals surface area contributed by atoms with Gasteiger partial charge in [-0.3, -0.25) is 4.79 Å². The van der Waals surface area contributed by atoms with Gasteiger partial charge in [0.1, 0.15) is 12.4 Å². The zero-order valence-corrected chi connectivity index (χ0v) is 9.90. The molecule has 1 heterocycles. The molecule has 0 fully saturated rings. The van der Waals surface area contributed by atoms with Crippen LogP contribution in [0.15, 0.2) is 24.3 Å². The molecule has 0 radical (unpaired) electrons. The molecule has 4 nitrogen and oxygen atoms in total. The Labute approximate surface area is 100 Å². The summed E-state index contributed by atoms with van der Waals surface area (Å²) >= 11 is 0. The maximum atomic E-state index is 10.8. The fourth-order valence-electron chi connectivity index (χ4n) is 1.66. The number of carbonyl (C=O) groups is 1. The Morgan fingerprint density at radius 1 is 1.53 bits per heavy atom. The molecule has 2 N–H and O–H groups in total. The molecule has 0 spiro atoms. The van der Waals surface area contributed by atoms with Crippen LogP contribution in [0.25, 0.3) is 6.08 Å². The minimum atomic E-state index is -0.616. The van der Waals surface area contributed by atoms with Crippen LogP contribution in [0.3, 0.4) is 0 Å². The maximum absolute atomic E-state index is 10.8. The zero-order valence-electron chi connectivity index (χ0n) is 9.90. The molecule has 1 atom stereocenters. The minimum Gasteiger partial charge on any atom is -0.479 e. The Bertz CT molecular complexity index is 482. The van der Waals surface area contributed by atoms with Gasteiger partial charge in [0, 0.05) is 18.2 Å². The van der Waals surface area contributed by atoms with E-state index in [2.05, 4.69) is 0 Å². The van der Waals surface area contributed by atoms with E-state index in [1.807, 2.05) is 31.2 Å². The van der Waals surface area contributed by atoms with E-state index >= 15 is 0 Å². The van der Waals surface area contributed by atoms with E-state index in [0.717, 1.165) is 11.3 Å². The minimum absolute atomic E-state index is 0.197. The van der Waals surface area contributed by atoms with E-state index in [4.69, 9.17) is 15.2 Å². The van der Waals surface area contributed by atoms with Crippen molar-refractivity contribution in [1.82, 2.24) is 0 Å². The molecular formula is C13H15NO3. The molecule has 0 aliphatic carbocycles. The van der Waals surface area contributed by atoms with Gasteiger partial charge in [-0.1, -0.05) is 6.08 Å². The van der Waals surface area contributed by atoms with Crippen molar-refractivity contribution >= 4 is 17.7 Å². The lowest BCUT2D eigenvalue weighted by atomic mass is 10.0. The number of hydrogen-bond acceptors (Lipinski definition) is 4. The number of rotatable bonds is 2. The Morgan fingerprint density at radius 3 is 3.00 bits per heavy atom. The molecule has 1 unspecified atom stereocenters. The van der Waals surface area contributed by atoms with Gasteiger partial charge >= 0.3 is 5.97 Å². The molecule has 1 aliphatic heterocycles. The first kappa shape index (κ1) is 11.5. The highest BCUT2D eigenvalue weighted by Crippen LogP contribution is 2.32. The SMILES string of the molecule is CC(=O)OCC1(C)C=Cc2cc(N)ccc2O1. The van der Waals surface area contributed by atoms with E-state index in [-0.39, 0.29) is 12.6 Å². The van der Waals surface area contributed by atoms with Crippen molar-refractivity contribution in [3.8, 4) is 5.75 Å². The van der Waals surface area contributed by atoms with Gasteiger partial charge in [-0.2, -0.15) is 0 Å². The summed E-state index contributed by atoms with van der Waals surface area (Å²) in [6.45, 7) is 3.44. The summed E-state index contributed by atoms with van der Waals surface area (Å²) in [6, 6.07) is 5.45. The van der Waals surface area contributed by atoms with Crippen LogP contribution in [0.1, 0.15) is 19.4 Å². The first-order chi connectivity index (χ1) is 7.98. The monoisotopic (exact) mass is 233 g/mol. The van der Waals surface area contributed by atoms with Crippen LogP contribution in [-0.2, 0) is 9.53 Å². The smallest absolute Gasteiger partial charge is 0.302 e. The standard InChI is InChI=1S/C13H15NO3/c1-9(15)16-8-13(2)6-5-10-7-11(14)3-4-12(10)17-13/h3-7H,8,14H2,1-2H3. The molecule has 0 bridgehead atoms. The van der Waals surface area contributed by atoms with Gasteiger partial charge in [-0.15, -0.1) is 0 Å². The first-order valence-electron chi connectivity index (χ1n) is 5.40. The maximum Gasteiger partial charge on any atom is 0.302 e. The molecule has 90 valence electrons. The van der Waals surface area contributed by atoms with Gasteiger partial charge in [0.15, 0.2) is 5.60 Å². The summed E-state index contributed by atoms with van der Waals surface area (Å²) < 4.78 is 10.8. The van der Waals surface area contributed by atoms with Gasteiger partial charge in [-0.05, 0) is 31.2 Å². The largest absolute Gasteiger partial charge is 0.479 e. The molecule has 1 aromatic carbocycles. The number of nitrogens with two attached hydrogens (primary N) is 1. The van der Waals surface area contributed by atoms with Crippen molar-refractivity contribution in [2.24, 2.45) is 0 Å². The number of nitrogen functional groups attached to an aromatic ring is 1. The third-order valence-electron chi connectivity index (χ3n) is 2.55. The third kappa shape index (κ3) is 2.58. The second-order valence-corrected chi connectivity index (χ2v) is 4.33. The Hall–Kier alpha value is -1.97. The summed E-state index contributed by atoms with van der Waals surface area (Å²) in [5.74, 6) is 0.433. The quantitative estimate of drug-likeness (QED) is 0.627. The fraction of sp³-hybridized carbons (Fsp3) is 0.308. The molecule has 4 heteroatoms. The van der Waals surface area contributed by atoms with E-state index in [9.17, 15) is 4.79 Å². The highest BCUT2D eigenvalue weighted by molar-refractivity contribution is 5.67. The molecular weight excluding hydrogens is 218 g/mol. The Kier molecular flexibility index (Phi) is 2.79. The third-order valence-corrected chi connectivity index (χ3v) is 2.55. The Morgan fingerprint density at radius 2 is 2.29 bits per heavy atom. The van der Waals surface area contributed by atoms with Crippen LogP contribution < -0.4 is 10.5 Å². The summed E-state index contributed by atoms with van der Waals surface area (Å²) in [5, 5.41) is 0. The molecule has 0 saturated heterocycles. The molecule has 1 aromatic rings. The second kappa shape index (κ2) is 4.13. The fourth-order valence-corrected chi connectivity index (χ4v) is 1.66. The van der Waals surface area contributed by atoms with Gasteiger partial charge in [-0.25, -0.2) is 0 Å². The van der Waals surface area contributed by atoms with Gasteiger partial charge in [0.25, 0.3) is 0 Å². The summed E-state index contributed by atoms with van der Waals surface area (Å²) in [6.07, 6.45) is 3.80. The van der Waals surface area contributed by atoms with Gasteiger partial charge < -0.3 is 15.2 Å². The van der Waals surface area contributed by atoms with E-state index < -0.39 is 5.60 Å². The summed E-state index contributed by atoms with van der Waals surface area (Å²) in [5.41, 5.74) is 6.70. The normalized spacial score (nSPS) is 21.5. The van der Waals surface area contributed by atoms with Crippen LogP contribution in [0.5, 0.6) is 5.75 Å². The molecule has 2 rings (SSSR count). The summed E-state index contributed by atoms with van der Waals surface area (Å²) in [4.78, 5) is 10.8. The van der Waals surface area contributed by atoms with Crippen molar-refractivity contribution < 1.29 is 14.3 Å². The zero-order chi connectivity index (χ0) is 12.5. The van der Waals surface area contributed by atoms with Crippen molar-refractivity contribution in [2.75, 3.05) is 12.3 Å². The van der Waals surface area contributed by atoms with Crippen LogP contribution in [-0.4, -0.2) is 18.2 Å². The predicted octanol–water partition coefficient (Wildman–Crippen LogP) is 2.00. The molecule has 1 aliphatic rings. The van der Waals surface area contributed by atoms with Crippen LogP contribution >= 0.6 is 0 Å². The van der Waals surface area contributed by atoms with Crippen molar-refractivity contribution in [3.63, 3.8) is 0 Å². The number of anilines is 1. The van der Waals surface area contributed by atoms with Crippen LogP contribution in [0, 0.1) is 0 Å². The van der Waals surface area contributed by atoms with Gasteiger partial charge in [0.2, 0.25) is 0 Å². The van der Waals surface area contributed by atoms with Crippen molar-refractivity contribution in [2.45, 2.75) is 19.4 Å². The number of ether oxygens (including phenoxy) is 2. The molecule has 17 heavy (non-hydrogen) atoms. The summed E-state index contributed by atoms with van der Waals surface area (Å²) in [7, 11) is 0. The Balaban J connectivity index is 2.18. The predicted molar refractivity (Wildman–Crippen MR) is 65.6 cm³/mol. The first-order valence-corrected chi connectivity index (χ1v) is 5.40. The van der Waals surface area contributed by atoms with Crippen molar-refractivity contribution in [3.05, 3.63) is 29.8 Å². The molecule has 0 amide bonds. The van der Waals surface area contributed by atoms with Crippen LogP contribution in [0.4, 0.5) is 5.69 Å². The number of fused-ring (bicyclic) bond motifs is 1.